The van der Waals surface area contributed by atoms with Crippen LogP contribution in [0, 0.1) is 31.2 Å². The molecule has 3 atom stereocenters. The number of aryl methyl sites for hydroxylation is 2. The van der Waals surface area contributed by atoms with Crippen LogP contribution in [0.15, 0.2) is 42.6 Å². The number of carbonyl (C=O) groups is 2. The molecule has 0 bridgehead atoms. The number of fused-ring (bicyclic) bond motifs is 1. The normalized spacial score (nSPS) is 21.5. The molecule has 2 aromatic heterocycles. The second kappa shape index (κ2) is 14.6. The third-order valence-electron chi connectivity index (χ3n) is 9.94. The summed E-state index contributed by atoms with van der Waals surface area (Å²) in [6, 6.07) is 11.5. The summed E-state index contributed by atoms with van der Waals surface area (Å²) in [5, 5.41) is 3.21. The topological polar surface area (TPSA) is 126 Å². The molecule has 1 aliphatic heterocycles. The van der Waals surface area contributed by atoms with Crippen molar-refractivity contribution < 1.29 is 22.7 Å². The third-order valence-corrected chi connectivity index (χ3v) is 10.7. The number of esters is 1. The van der Waals surface area contributed by atoms with E-state index in [0.717, 1.165) is 36.1 Å². The number of amides is 1. The number of anilines is 2. The molecule has 4 aromatic rings. The minimum atomic E-state index is -1.94. The highest BCUT2D eigenvalue weighted by Gasteiger charge is 2.36. The van der Waals surface area contributed by atoms with Gasteiger partial charge >= 0.3 is 17.2 Å². The highest BCUT2D eigenvalue weighted by Crippen LogP contribution is 2.38. The molecule has 50 heavy (non-hydrogen) atoms. The summed E-state index contributed by atoms with van der Waals surface area (Å²) in [5.41, 5.74) is 4.57. The fraction of sp³-hybridized carbons (Fsp3) is 0.459. The molecule has 1 amide bonds. The standard InChI is InChI=1S/C37H45N7O5S/c1-8-27-10-9-22(2)19-32(27)49-50(47)41-29-20-28(11-12-31(29)43-15-13-42(14-16-43)26(6)45)35-39-36-33(30(38-7)21-44(36)40-35)37(46)48-34-24(4)17-23(3)18-25(34)5/h9-12,19-21,23-25,34,41H,8,13-18H2,1-6H3,(H,39,40). The van der Waals surface area contributed by atoms with Crippen LogP contribution < -0.4 is 13.8 Å². The smallest absolute Gasteiger partial charge is 0.331 e. The Kier molecular flexibility index (Phi) is 10.2. The van der Waals surface area contributed by atoms with Crippen LogP contribution in [0.5, 0.6) is 5.75 Å². The summed E-state index contributed by atoms with van der Waals surface area (Å²) in [4.78, 5) is 38.0. The van der Waals surface area contributed by atoms with E-state index in [1.54, 1.807) is 17.6 Å². The van der Waals surface area contributed by atoms with E-state index in [1.807, 2.05) is 55.1 Å². The second-order valence-electron chi connectivity index (χ2n) is 13.8. The van der Waals surface area contributed by atoms with Crippen LogP contribution in [0.2, 0.25) is 0 Å². The summed E-state index contributed by atoms with van der Waals surface area (Å²) in [7, 11) is 0. The first-order valence-corrected chi connectivity index (χ1v) is 18.3. The summed E-state index contributed by atoms with van der Waals surface area (Å²) in [6.45, 7) is 22.1. The first-order valence-electron chi connectivity index (χ1n) is 17.3. The highest BCUT2D eigenvalue weighted by molar-refractivity contribution is 7.82. The Balaban J connectivity index is 1.32. The molecule has 2 N–H and O–H groups in total. The van der Waals surface area contributed by atoms with Gasteiger partial charge in [-0.1, -0.05) is 39.8 Å². The molecule has 2 aromatic carbocycles. The summed E-state index contributed by atoms with van der Waals surface area (Å²) >= 11 is -1.94. The number of ether oxygens (including phenoxy) is 1. The Morgan fingerprint density at radius 1 is 1.08 bits per heavy atom. The molecule has 264 valence electrons. The number of hydrogen-bond acceptors (Lipinski definition) is 7. The molecule has 1 saturated carbocycles. The predicted molar refractivity (Wildman–Crippen MR) is 195 cm³/mol. The maximum absolute atomic E-state index is 13.6. The molecule has 0 radical (unpaired) electrons. The maximum Gasteiger partial charge on any atom is 0.331 e. The number of piperazine rings is 1. The maximum atomic E-state index is 13.6. The van der Waals surface area contributed by atoms with Crippen molar-refractivity contribution in [1.82, 2.24) is 19.5 Å². The Morgan fingerprint density at radius 3 is 2.46 bits per heavy atom. The van der Waals surface area contributed by atoms with Gasteiger partial charge in [-0.25, -0.2) is 14.6 Å². The number of hydrogen-bond donors (Lipinski definition) is 2. The third kappa shape index (κ3) is 7.21. The Labute approximate surface area is 295 Å². The molecule has 1 aliphatic carbocycles. The van der Waals surface area contributed by atoms with Crippen LogP contribution in [0.25, 0.3) is 21.9 Å². The van der Waals surface area contributed by atoms with Crippen molar-refractivity contribution in [1.29, 1.82) is 0 Å². The van der Waals surface area contributed by atoms with Crippen LogP contribution >= 0.6 is 0 Å². The number of benzene rings is 2. The predicted octanol–water partition coefficient (Wildman–Crippen LogP) is 6.72. The van der Waals surface area contributed by atoms with Gasteiger partial charge in [-0.15, -0.1) is 0 Å². The number of nitrogens with one attached hydrogen (secondary N) is 2. The fourth-order valence-corrected chi connectivity index (χ4v) is 8.17. The van der Waals surface area contributed by atoms with Crippen molar-refractivity contribution in [3.63, 3.8) is 0 Å². The Morgan fingerprint density at radius 2 is 1.80 bits per heavy atom. The van der Waals surface area contributed by atoms with E-state index >= 15 is 0 Å². The minimum Gasteiger partial charge on any atom is -0.459 e. The Bertz CT molecular complexity index is 1960. The van der Waals surface area contributed by atoms with Crippen molar-refractivity contribution in [3.8, 4) is 17.1 Å². The molecule has 13 heteroatoms. The molecule has 2 aliphatic rings. The average molecular weight is 700 g/mol. The molecule has 0 spiro atoms. The highest BCUT2D eigenvalue weighted by atomic mass is 32.2. The van der Waals surface area contributed by atoms with E-state index in [2.05, 4.69) is 40.3 Å². The SMILES string of the molecule is [C-]#[N+]c1cn2[nH]c(-c3ccc(N4CCN(C(C)=O)CC4)c(NS(=O)Oc4cc(C)ccc4CC)c3)nc2c1C(=O)OC1C(C)CC(C)CC1C. The lowest BCUT2D eigenvalue weighted by molar-refractivity contribution is -0.129. The summed E-state index contributed by atoms with van der Waals surface area (Å²) in [6.07, 6.45) is 4.01. The van der Waals surface area contributed by atoms with Crippen LogP contribution in [0.3, 0.4) is 0 Å². The van der Waals surface area contributed by atoms with Crippen molar-refractivity contribution in [2.24, 2.45) is 17.8 Å². The zero-order chi connectivity index (χ0) is 35.7. The number of nitrogens with zero attached hydrogens (tertiary/aromatic N) is 5. The number of rotatable bonds is 9. The fourth-order valence-electron chi connectivity index (χ4n) is 7.47. The summed E-state index contributed by atoms with van der Waals surface area (Å²) in [5.74, 6) is 1.49. The van der Waals surface area contributed by atoms with Gasteiger partial charge in [-0.3, -0.25) is 19.1 Å². The monoisotopic (exact) mass is 699 g/mol. The van der Waals surface area contributed by atoms with Gasteiger partial charge in [0.15, 0.2) is 11.5 Å². The van der Waals surface area contributed by atoms with E-state index in [4.69, 9.17) is 20.5 Å². The lowest BCUT2D eigenvalue weighted by Crippen LogP contribution is -2.48. The quantitative estimate of drug-likeness (QED) is 0.147. The van der Waals surface area contributed by atoms with Gasteiger partial charge in [0.2, 0.25) is 11.6 Å². The van der Waals surface area contributed by atoms with Crippen LogP contribution in [-0.4, -0.2) is 67.9 Å². The van der Waals surface area contributed by atoms with Crippen molar-refractivity contribution in [3.05, 3.63) is 70.7 Å². The van der Waals surface area contributed by atoms with E-state index in [9.17, 15) is 13.8 Å². The number of aromatic amines is 1. The first-order chi connectivity index (χ1) is 23.9. The van der Waals surface area contributed by atoms with Crippen LogP contribution in [0.4, 0.5) is 17.1 Å². The zero-order valence-electron chi connectivity index (χ0n) is 29.5. The van der Waals surface area contributed by atoms with Crippen LogP contribution in [0.1, 0.15) is 68.9 Å². The van der Waals surface area contributed by atoms with E-state index < -0.39 is 17.2 Å². The second-order valence-corrected chi connectivity index (χ2v) is 14.6. The van der Waals surface area contributed by atoms with Crippen molar-refractivity contribution >= 4 is 45.9 Å². The first kappa shape index (κ1) is 35.0. The van der Waals surface area contributed by atoms with E-state index in [-0.39, 0.29) is 35.1 Å². The molecule has 12 nitrogen and oxygen atoms in total. The molecule has 6 rings (SSSR count). The van der Waals surface area contributed by atoms with E-state index in [0.29, 0.717) is 60.6 Å². The molecule has 2 fully saturated rings. The van der Waals surface area contributed by atoms with Gasteiger partial charge in [0.1, 0.15) is 17.4 Å². The van der Waals surface area contributed by atoms with E-state index in [1.165, 1.54) is 0 Å². The average Bonchev–Trinajstić information content (AvgIpc) is 3.64. The van der Waals surface area contributed by atoms with Gasteiger partial charge in [-0.2, -0.15) is 4.21 Å². The lowest BCUT2D eigenvalue weighted by Gasteiger charge is -2.37. The van der Waals surface area contributed by atoms with Crippen LogP contribution in [-0.2, 0) is 27.2 Å². The summed E-state index contributed by atoms with van der Waals surface area (Å²) < 4.78 is 30.1. The largest absolute Gasteiger partial charge is 0.459 e. The van der Waals surface area contributed by atoms with Gasteiger partial charge in [0.25, 0.3) is 0 Å². The molecule has 3 heterocycles. The molecule has 1 saturated heterocycles. The lowest BCUT2D eigenvalue weighted by atomic mass is 9.75. The number of H-pyrrole nitrogens is 1. The van der Waals surface area contributed by atoms with Gasteiger partial charge < -0.3 is 18.7 Å². The van der Waals surface area contributed by atoms with Gasteiger partial charge in [0.05, 0.1) is 17.9 Å². The molecule has 3 unspecified atom stereocenters. The molecular formula is C37H45N7O5S. The molecular weight excluding hydrogens is 655 g/mol. The minimum absolute atomic E-state index is 0.0361. The van der Waals surface area contributed by atoms with Crippen molar-refractivity contribution in [2.75, 3.05) is 35.8 Å². The van der Waals surface area contributed by atoms with Gasteiger partial charge in [0, 0.05) is 44.9 Å². The zero-order valence-corrected chi connectivity index (χ0v) is 30.3. The Hall–Kier alpha value is -4.83. The number of carbonyl (C=O) groups excluding carboxylic acids is 2. The van der Waals surface area contributed by atoms with Crippen molar-refractivity contribution in [2.45, 2.75) is 66.9 Å². The number of aromatic nitrogens is 3. The van der Waals surface area contributed by atoms with Gasteiger partial charge in [-0.05, 0) is 79.3 Å².